The zero-order valence-corrected chi connectivity index (χ0v) is 12.4. The molecule has 0 aliphatic heterocycles. The normalized spacial score (nSPS) is 15.1. The second-order valence-corrected chi connectivity index (χ2v) is 6.17. The zero-order valence-electron chi connectivity index (χ0n) is 12.4. The average molecular weight is 257 g/mol. The van der Waals surface area contributed by atoms with E-state index in [0.717, 1.165) is 0 Å². The van der Waals surface area contributed by atoms with Crippen LogP contribution >= 0.6 is 0 Å². The molecular formula is C14H27NO3. The fourth-order valence-electron chi connectivity index (χ4n) is 1.58. The first kappa shape index (κ1) is 17.0. The van der Waals surface area contributed by atoms with Crippen LogP contribution in [0.25, 0.3) is 0 Å². The van der Waals surface area contributed by atoms with Gasteiger partial charge < -0.3 is 15.2 Å². The summed E-state index contributed by atoms with van der Waals surface area (Å²) in [5.41, 5.74) is 0.0948. The smallest absolute Gasteiger partial charge is 0.407 e. The van der Waals surface area contributed by atoms with Gasteiger partial charge in [-0.05, 0) is 40.0 Å². The van der Waals surface area contributed by atoms with Crippen molar-refractivity contribution in [3.63, 3.8) is 0 Å². The molecular weight excluding hydrogens is 230 g/mol. The van der Waals surface area contributed by atoms with E-state index in [4.69, 9.17) is 4.74 Å². The number of rotatable bonds is 5. The molecule has 1 unspecified atom stereocenters. The van der Waals surface area contributed by atoms with Gasteiger partial charge in [-0.15, -0.1) is 0 Å². The summed E-state index contributed by atoms with van der Waals surface area (Å²) >= 11 is 0. The molecule has 18 heavy (non-hydrogen) atoms. The lowest BCUT2D eigenvalue weighted by Gasteiger charge is -2.28. The third-order valence-corrected chi connectivity index (χ3v) is 2.31. The monoisotopic (exact) mass is 257 g/mol. The molecule has 4 nitrogen and oxygen atoms in total. The number of amides is 1. The summed E-state index contributed by atoms with van der Waals surface area (Å²) in [6, 6.07) is -0.364. The van der Waals surface area contributed by atoms with Gasteiger partial charge in [0.05, 0.1) is 12.1 Å². The van der Waals surface area contributed by atoms with Crippen LogP contribution in [0.5, 0.6) is 0 Å². The highest BCUT2D eigenvalue weighted by Crippen LogP contribution is 2.14. The molecule has 0 aromatic rings. The van der Waals surface area contributed by atoms with E-state index in [0.29, 0.717) is 17.9 Å². The summed E-state index contributed by atoms with van der Waals surface area (Å²) in [6.07, 6.45) is -0.582. The van der Waals surface area contributed by atoms with Gasteiger partial charge in [0, 0.05) is 0 Å². The summed E-state index contributed by atoms with van der Waals surface area (Å²) in [4.78, 5) is 11.7. The van der Waals surface area contributed by atoms with E-state index in [-0.39, 0.29) is 6.04 Å². The summed E-state index contributed by atoms with van der Waals surface area (Å²) < 4.78 is 5.19. The van der Waals surface area contributed by atoms with E-state index >= 15 is 0 Å². The minimum absolute atomic E-state index is 0.360. The first-order chi connectivity index (χ1) is 8.03. The van der Waals surface area contributed by atoms with Crippen LogP contribution in [0.4, 0.5) is 4.79 Å². The predicted molar refractivity (Wildman–Crippen MR) is 73.4 cm³/mol. The van der Waals surface area contributed by atoms with E-state index in [9.17, 15) is 9.90 Å². The van der Waals surface area contributed by atoms with E-state index in [2.05, 4.69) is 11.9 Å². The van der Waals surface area contributed by atoms with Crippen LogP contribution in [-0.4, -0.2) is 28.9 Å². The molecule has 106 valence electrons. The Morgan fingerprint density at radius 2 is 1.89 bits per heavy atom. The summed E-state index contributed by atoms with van der Waals surface area (Å²) in [5, 5.41) is 12.7. The third-order valence-electron chi connectivity index (χ3n) is 2.31. The lowest BCUT2D eigenvalue weighted by molar-refractivity contribution is 0.0435. The Kier molecular flexibility index (Phi) is 6.39. The number of aliphatic hydroxyl groups excluding tert-OH is 1. The molecule has 4 heteroatoms. The Bertz CT molecular complexity index is 292. The molecule has 1 amide bonds. The Labute approximate surface area is 110 Å². The van der Waals surface area contributed by atoms with Gasteiger partial charge in [-0.3, -0.25) is 0 Å². The molecule has 0 rings (SSSR count). The van der Waals surface area contributed by atoms with Crippen molar-refractivity contribution in [3.8, 4) is 0 Å². The van der Waals surface area contributed by atoms with Gasteiger partial charge in [0.25, 0.3) is 0 Å². The third kappa shape index (κ3) is 7.33. The maximum Gasteiger partial charge on any atom is 0.407 e. The van der Waals surface area contributed by atoms with E-state index in [1.165, 1.54) is 0 Å². The number of alkyl carbamates (subject to hydrolysis) is 1. The van der Waals surface area contributed by atoms with Gasteiger partial charge in [0.2, 0.25) is 0 Å². The lowest BCUT2D eigenvalue weighted by atomic mass is 9.96. The van der Waals surface area contributed by atoms with Crippen LogP contribution in [0, 0.1) is 5.92 Å². The van der Waals surface area contributed by atoms with Crippen molar-refractivity contribution in [2.24, 2.45) is 5.92 Å². The maximum absolute atomic E-state index is 11.7. The molecule has 0 spiro atoms. The molecule has 0 radical (unpaired) electrons. The first-order valence-corrected chi connectivity index (χ1v) is 6.36. The summed E-state index contributed by atoms with van der Waals surface area (Å²) in [7, 11) is 0. The standard InChI is InChI=1S/C14H27NO3/c1-9(2)8-11(12(16)10(3)4)15-13(17)18-14(5,6)7/h9,11-12,16H,3,8H2,1-2,4-7H3,(H,15,17)/t11-,12?/m0/s1. The quantitative estimate of drug-likeness (QED) is 0.745. The van der Waals surface area contributed by atoms with Crippen molar-refractivity contribution in [2.45, 2.75) is 65.7 Å². The summed E-state index contributed by atoms with van der Waals surface area (Å²) in [5.74, 6) is 0.360. The molecule has 0 fully saturated rings. The molecule has 0 heterocycles. The molecule has 2 atom stereocenters. The number of ether oxygens (including phenoxy) is 1. The van der Waals surface area contributed by atoms with Gasteiger partial charge in [0.1, 0.15) is 5.60 Å². The fourth-order valence-corrected chi connectivity index (χ4v) is 1.58. The highest BCUT2D eigenvalue weighted by molar-refractivity contribution is 5.68. The number of aliphatic hydroxyl groups is 1. The molecule has 0 aliphatic rings. The molecule has 0 bridgehead atoms. The van der Waals surface area contributed by atoms with Crippen molar-refractivity contribution >= 4 is 6.09 Å². The van der Waals surface area contributed by atoms with Crippen molar-refractivity contribution in [1.82, 2.24) is 5.32 Å². The van der Waals surface area contributed by atoms with Gasteiger partial charge >= 0.3 is 6.09 Å². The second-order valence-electron chi connectivity index (χ2n) is 6.17. The number of nitrogens with one attached hydrogen (secondary N) is 1. The average Bonchev–Trinajstić information content (AvgIpc) is 2.11. The van der Waals surface area contributed by atoms with Crippen LogP contribution in [0.1, 0.15) is 48.0 Å². The van der Waals surface area contributed by atoms with Crippen LogP contribution < -0.4 is 5.32 Å². The van der Waals surface area contributed by atoms with Gasteiger partial charge in [-0.2, -0.15) is 0 Å². The van der Waals surface area contributed by atoms with E-state index < -0.39 is 17.8 Å². The molecule has 2 N–H and O–H groups in total. The van der Waals surface area contributed by atoms with Crippen LogP contribution in [0.3, 0.4) is 0 Å². The van der Waals surface area contributed by atoms with Crippen molar-refractivity contribution in [3.05, 3.63) is 12.2 Å². The van der Waals surface area contributed by atoms with Crippen LogP contribution in [-0.2, 0) is 4.74 Å². The van der Waals surface area contributed by atoms with Gasteiger partial charge in [-0.1, -0.05) is 26.0 Å². The molecule has 0 saturated carbocycles. The molecule has 0 aromatic heterocycles. The van der Waals surface area contributed by atoms with E-state index in [1.54, 1.807) is 27.7 Å². The minimum Gasteiger partial charge on any atom is -0.444 e. The zero-order chi connectivity index (χ0) is 14.5. The highest BCUT2D eigenvalue weighted by atomic mass is 16.6. The van der Waals surface area contributed by atoms with Crippen LogP contribution in [0.2, 0.25) is 0 Å². The van der Waals surface area contributed by atoms with Gasteiger partial charge in [0.15, 0.2) is 0 Å². The number of hydrogen-bond acceptors (Lipinski definition) is 3. The number of carbonyl (C=O) groups excluding carboxylic acids is 1. The first-order valence-electron chi connectivity index (χ1n) is 6.36. The number of hydrogen-bond donors (Lipinski definition) is 2. The Morgan fingerprint density at radius 3 is 2.22 bits per heavy atom. The fraction of sp³-hybridized carbons (Fsp3) is 0.786. The largest absolute Gasteiger partial charge is 0.444 e. The highest BCUT2D eigenvalue weighted by Gasteiger charge is 2.25. The SMILES string of the molecule is C=C(C)C(O)[C@H](CC(C)C)NC(=O)OC(C)(C)C. The molecule has 0 saturated heterocycles. The summed E-state index contributed by atoms with van der Waals surface area (Å²) in [6.45, 7) is 15.0. The maximum atomic E-state index is 11.7. The Balaban J connectivity index is 4.59. The molecule has 0 aromatic carbocycles. The molecule has 0 aliphatic carbocycles. The minimum atomic E-state index is -0.750. The topological polar surface area (TPSA) is 58.6 Å². The number of carbonyl (C=O) groups is 1. The Morgan fingerprint density at radius 1 is 1.39 bits per heavy atom. The van der Waals surface area contributed by atoms with E-state index in [1.807, 2.05) is 13.8 Å². The van der Waals surface area contributed by atoms with Crippen molar-refractivity contribution < 1.29 is 14.6 Å². The van der Waals surface area contributed by atoms with Crippen LogP contribution in [0.15, 0.2) is 12.2 Å². The predicted octanol–water partition coefficient (Wildman–Crippen LogP) is 2.86. The van der Waals surface area contributed by atoms with Gasteiger partial charge in [-0.25, -0.2) is 4.79 Å². The van der Waals surface area contributed by atoms with Crippen molar-refractivity contribution in [1.29, 1.82) is 0 Å². The van der Waals surface area contributed by atoms with Crippen molar-refractivity contribution in [2.75, 3.05) is 0 Å². The lowest BCUT2D eigenvalue weighted by Crippen LogP contribution is -2.46. The second kappa shape index (κ2) is 6.78. The Hall–Kier alpha value is -1.03.